The Bertz CT molecular complexity index is 623. The molecular weight excluding hydrogens is 408 g/mol. The summed E-state index contributed by atoms with van der Waals surface area (Å²) in [5, 5.41) is 0. The van der Waals surface area contributed by atoms with Crippen LogP contribution in [0.2, 0.25) is 0 Å². The number of methoxy groups -OCH3 is 2. The molecule has 0 fully saturated rings. The number of ether oxygens (including phenoxy) is 6. The van der Waals surface area contributed by atoms with Crippen molar-refractivity contribution in [3.63, 3.8) is 0 Å². The van der Waals surface area contributed by atoms with Crippen LogP contribution >= 0.6 is 0 Å². The highest BCUT2D eigenvalue weighted by Crippen LogP contribution is 2.20. The van der Waals surface area contributed by atoms with Gasteiger partial charge in [-0.05, 0) is 63.8 Å². The largest absolute Gasteiger partial charge is 0.496 e. The van der Waals surface area contributed by atoms with Gasteiger partial charge in [0.05, 0.1) is 51.2 Å². The first kappa shape index (κ1) is 28.2. The highest BCUT2D eigenvalue weighted by atomic mass is 16.6. The predicted molar refractivity (Wildman–Crippen MR) is 129 cm³/mol. The van der Waals surface area contributed by atoms with Gasteiger partial charge in [-0.2, -0.15) is 0 Å². The van der Waals surface area contributed by atoms with E-state index in [9.17, 15) is 0 Å². The van der Waals surface area contributed by atoms with Crippen LogP contribution in [0.5, 0.6) is 0 Å². The third-order valence-electron chi connectivity index (χ3n) is 4.78. The monoisotopic (exact) mass is 450 g/mol. The highest BCUT2D eigenvalue weighted by Gasteiger charge is 2.08. The average molecular weight is 451 g/mol. The summed E-state index contributed by atoms with van der Waals surface area (Å²) in [7, 11) is 3.34. The van der Waals surface area contributed by atoms with E-state index in [0.717, 1.165) is 22.3 Å². The lowest BCUT2D eigenvalue weighted by Crippen LogP contribution is -2.21. The van der Waals surface area contributed by atoms with Crippen LogP contribution < -0.4 is 0 Å². The molecular formula is C26H42O6. The van der Waals surface area contributed by atoms with Gasteiger partial charge >= 0.3 is 0 Å². The molecule has 0 N–H and O–H groups in total. The van der Waals surface area contributed by atoms with Crippen molar-refractivity contribution in [2.75, 3.05) is 40.6 Å². The quantitative estimate of drug-likeness (QED) is 0.318. The molecule has 4 atom stereocenters. The van der Waals surface area contributed by atoms with E-state index in [0.29, 0.717) is 26.4 Å². The highest BCUT2D eigenvalue weighted by molar-refractivity contribution is 5.68. The lowest BCUT2D eigenvalue weighted by molar-refractivity contribution is -0.0302. The van der Waals surface area contributed by atoms with E-state index in [-0.39, 0.29) is 24.4 Å². The van der Waals surface area contributed by atoms with E-state index in [1.807, 2.05) is 41.5 Å². The summed E-state index contributed by atoms with van der Waals surface area (Å²) < 4.78 is 33.1. The van der Waals surface area contributed by atoms with E-state index in [2.05, 4.69) is 24.3 Å². The minimum atomic E-state index is -0.0330. The molecule has 6 nitrogen and oxygen atoms in total. The van der Waals surface area contributed by atoms with Gasteiger partial charge in [0.25, 0.3) is 0 Å². The molecule has 1 rings (SSSR count). The number of allylic oxidation sites excluding steroid dienone is 2. The molecule has 0 spiro atoms. The van der Waals surface area contributed by atoms with Crippen LogP contribution in [0.4, 0.5) is 0 Å². The van der Waals surface area contributed by atoms with Crippen LogP contribution in [-0.2, 0) is 28.4 Å². The summed E-state index contributed by atoms with van der Waals surface area (Å²) in [6.45, 7) is 14.2. The van der Waals surface area contributed by atoms with Crippen LogP contribution in [0.15, 0.2) is 36.8 Å². The Kier molecular flexibility index (Phi) is 14.0. The van der Waals surface area contributed by atoms with Crippen molar-refractivity contribution in [3.8, 4) is 0 Å². The molecule has 182 valence electrons. The van der Waals surface area contributed by atoms with Gasteiger partial charge in [0.15, 0.2) is 0 Å². The molecule has 0 bridgehead atoms. The molecule has 0 saturated heterocycles. The molecule has 1 aromatic carbocycles. The van der Waals surface area contributed by atoms with Crippen molar-refractivity contribution in [1.29, 1.82) is 0 Å². The summed E-state index contributed by atoms with van der Waals surface area (Å²) in [6.07, 6.45) is 3.63. The standard InChI is InChI=1S/C26H42O6/c1-19(13-29-23(5)17-31-21(3)15-27-7)25-9-11-26(12-10-25)20(2)14-30-24(6)18-32-22(4)16-28-8/h9-14,21-24H,15-18H2,1-8H3. The molecule has 0 aliphatic heterocycles. The summed E-state index contributed by atoms with van der Waals surface area (Å²) in [6, 6.07) is 8.34. The Labute approximate surface area is 194 Å². The molecule has 0 aliphatic rings. The first-order chi connectivity index (χ1) is 15.3. The number of hydrogen-bond acceptors (Lipinski definition) is 6. The van der Waals surface area contributed by atoms with Crippen molar-refractivity contribution >= 4 is 11.1 Å². The van der Waals surface area contributed by atoms with Gasteiger partial charge in [-0.3, -0.25) is 0 Å². The molecule has 0 radical (unpaired) electrons. The first-order valence-corrected chi connectivity index (χ1v) is 11.2. The molecule has 32 heavy (non-hydrogen) atoms. The molecule has 0 heterocycles. The van der Waals surface area contributed by atoms with Gasteiger partial charge in [-0.1, -0.05) is 24.3 Å². The van der Waals surface area contributed by atoms with Crippen molar-refractivity contribution in [1.82, 2.24) is 0 Å². The topological polar surface area (TPSA) is 55.4 Å². The Morgan fingerprint density at radius 1 is 0.625 bits per heavy atom. The number of hydrogen-bond donors (Lipinski definition) is 0. The van der Waals surface area contributed by atoms with Crippen molar-refractivity contribution < 1.29 is 28.4 Å². The van der Waals surface area contributed by atoms with E-state index in [4.69, 9.17) is 28.4 Å². The Hall–Kier alpha value is -1.86. The fourth-order valence-electron chi connectivity index (χ4n) is 2.81. The van der Waals surface area contributed by atoms with Crippen molar-refractivity contribution in [2.45, 2.75) is 66.0 Å². The van der Waals surface area contributed by atoms with Gasteiger partial charge in [0.2, 0.25) is 0 Å². The van der Waals surface area contributed by atoms with E-state index in [1.165, 1.54) is 0 Å². The molecule has 0 aromatic heterocycles. The Morgan fingerprint density at radius 2 is 0.969 bits per heavy atom. The second-order valence-electron chi connectivity index (χ2n) is 8.27. The molecule has 0 amide bonds. The van der Waals surface area contributed by atoms with Crippen LogP contribution in [0.3, 0.4) is 0 Å². The SMILES string of the molecule is COCC(C)OCC(C)OC=C(C)c1ccc(C(C)=COC(C)COC(C)COC)cc1. The van der Waals surface area contributed by atoms with Gasteiger partial charge in [-0.15, -0.1) is 0 Å². The Morgan fingerprint density at radius 3 is 1.28 bits per heavy atom. The van der Waals surface area contributed by atoms with Crippen LogP contribution in [0.1, 0.15) is 52.7 Å². The third kappa shape index (κ3) is 11.7. The van der Waals surface area contributed by atoms with Crippen LogP contribution in [-0.4, -0.2) is 65.1 Å². The van der Waals surface area contributed by atoms with Crippen molar-refractivity contribution in [2.24, 2.45) is 0 Å². The smallest absolute Gasteiger partial charge is 0.118 e. The second kappa shape index (κ2) is 15.9. The second-order valence-corrected chi connectivity index (χ2v) is 8.27. The Balaban J connectivity index is 2.52. The minimum absolute atomic E-state index is 0.0330. The number of rotatable bonds is 16. The maximum atomic E-state index is 5.81. The summed E-state index contributed by atoms with van der Waals surface area (Å²) in [5.74, 6) is 0. The minimum Gasteiger partial charge on any atom is -0.496 e. The fourth-order valence-corrected chi connectivity index (χ4v) is 2.81. The maximum absolute atomic E-state index is 5.81. The lowest BCUT2D eigenvalue weighted by Gasteiger charge is -2.17. The summed E-state index contributed by atoms with van der Waals surface area (Å²) in [4.78, 5) is 0. The van der Waals surface area contributed by atoms with Crippen molar-refractivity contribution in [3.05, 3.63) is 47.9 Å². The molecule has 0 aliphatic carbocycles. The number of benzene rings is 1. The predicted octanol–water partition coefficient (Wildman–Crippen LogP) is 5.32. The lowest BCUT2D eigenvalue weighted by atomic mass is 10.0. The molecule has 0 saturated carbocycles. The van der Waals surface area contributed by atoms with Crippen LogP contribution in [0.25, 0.3) is 11.1 Å². The average Bonchev–Trinajstić information content (AvgIpc) is 2.78. The van der Waals surface area contributed by atoms with E-state index in [1.54, 1.807) is 26.7 Å². The summed E-state index contributed by atoms with van der Waals surface area (Å²) in [5.41, 5.74) is 4.33. The molecule has 6 heteroatoms. The van der Waals surface area contributed by atoms with E-state index < -0.39 is 0 Å². The normalized spacial score (nSPS) is 16.4. The van der Waals surface area contributed by atoms with Crippen LogP contribution in [0, 0.1) is 0 Å². The zero-order chi connectivity index (χ0) is 23.9. The van der Waals surface area contributed by atoms with Gasteiger partial charge in [-0.25, -0.2) is 0 Å². The first-order valence-electron chi connectivity index (χ1n) is 11.2. The fraction of sp³-hybridized carbons (Fsp3) is 0.615. The molecule has 4 unspecified atom stereocenters. The molecule has 1 aromatic rings. The van der Waals surface area contributed by atoms with Gasteiger partial charge in [0.1, 0.15) is 12.2 Å². The maximum Gasteiger partial charge on any atom is 0.118 e. The zero-order valence-corrected chi connectivity index (χ0v) is 21.1. The van der Waals surface area contributed by atoms with E-state index >= 15 is 0 Å². The van der Waals surface area contributed by atoms with Gasteiger partial charge < -0.3 is 28.4 Å². The third-order valence-corrected chi connectivity index (χ3v) is 4.78. The summed E-state index contributed by atoms with van der Waals surface area (Å²) >= 11 is 0. The van der Waals surface area contributed by atoms with Gasteiger partial charge in [0, 0.05) is 14.2 Å². The zero-order valence-electron chi connectivity index (χ0n) is 21.1.